The molecule has 0 spiro atoms. The highest BCUT2D eigenvalue weighted by atomic mass is 19.1. The molecule has 0 aliphatic carbocycles. The second kappa shape index (κ2) is 6.72. The summed E-state index contributed by atoms with van der Waals surface area (Å²) in [5, 5.41) is 5.22. The van der Waals surface area contributed by atoms with Crippen LogP contribution in [0.4, 0.5) is 10.1 Å². The highest BCUT2D eigenvalue weighted by molar-refractivity contribution is 5.83. The molecule has 0 bridgehead atoms. The van der Waals surface area contributed by atoms with Crippen molar-refractivity contribution in [3.63, 3.8) is 0 Å². The molecule has 1 unspecified atom stereocenters. The number of anilines is 1. The first-order chi connectivity index (χ1) is 8.93. The normalized spacial score (nSPS) is 11.6. The third kappa shape index (κ3) is 4.57. The molecule has 0 aliphatic rings. The van der Waals surface area contributed by atoms with Crippen molar-refractivity contribution in [2.24, 2.45) is 0 Å². The molecule has 2 N–H and O–H groups in total. The molecule has 1 aromatic rings. The molecule has 0 saturated heterocycles. The smallest absolute Gasteiger partial charge is 0.330 e. The topological polar surface area (TPSA) is 67.4 Å². The number of aryl methyl sites for hydroxylation is 1. The Hall–Kier alpha value is -2.11. The average molecular weight is 268 g/mol. The maximum atomic E-state index is 13.5. The summed E-state index contributed by atoms with van der Waals surface area (Å²) >= 11 is 0. The Kier molecular flexibility index (Phi) is 5.29. The van der Waals surface area contributed by atoms with E-state index >= 15 is 0 Å². The minimum absolute atomic E-state index is 0.0482. The number of amides is 1. The lowest BCUT2D eigenvalue weighted by molar-refractivity contribution is -0.144. The minimum atomic E-state index is -0.859. The van der Waals surface area contributed by atoms with Crippen molar-refractivity contribution in [2.45, 2.75) is 19.9 Å². The molecule has 1 atom stereocenters. The van der Waals surface area contributed by atoms with E-state index < -0.39 is 17.8 Å². The Morgan fingerprint density at radius 3 is 2.68 bits per heavy atom. The van der Waals surface area contributed by atoms with Gasteiger partial charge in [-0.1, -0.05) is 6.07 Å². The van der Waals surface area contributed by atoms with E-state index in [4.69, 9.17) is 0 Å². The fraction of sp³-hybridized carbons (Fsp3) is 0.385. The number of ether oxygens (including phenoxy) is 1. The van der Waals surface area contributed by atoms with Crippen LogP contribution in [0.15, 0.2) is 18.2 Å². The molecule has 1 amide bonds. The van der Waals surface area contributed by atoms with Gasteiger partial charge in [-0.25, -0.2) is 9.18 Å². The number of hydrogen-bond donors (Lipinski definition) is 2. The van der Waals surface area contributed by atoms with Crippen molar-refractivity contribution >= 4 is 17.6 Å². The fourth-order valence-corrected chi connectivity index (χ4v) is 1.57. The van der Waals surface area contributed by atoms with Gasteiger partial charge in [0.1, 0.15) is 11.9 Å². The highest BCUT2D eigenvalue weighted by Crippen LogP contribution is 2.15. The predicted molar refractivity (Wildman–Crippen MR) is 69.2 cm³/mol. The van der Waals surface area contributed by atoms with Gasteiger partial charge in [0.15, 0.2) is 0 Å². The molecule has 1 aromatic carbocycles. The number of benzene rings is 1. The molecule has 6 heteroatoms. The molecule has 0 radical (unpaired) electrons. The van der Waals surface area contributed by atoms with Crippen LogP contribution < -0.4 is 10.6 Å². The molecule has 1 rings (SSSR count). The Bertz CT molecular complexity index is 477. The SMILES string of the molecule is COC(=O)C(CNc1cc(C)ccc1F)NC(C)=O. The van der Waals surface area contributed by atoms with E-state index in [1.165, 1.54) is 20.1 Å². The molecule has 0 aliphatic heterocycles. The molecular weight excluding hydrogens is 251 g/mol. The van der Waals surface area contributed by atoms with Gasteiger partial charge in [0.05, 0.1) is 12.8 Å². The molecule has 5 nitrogen and oxygen atoms in total. The predicted octanol–water partition coefficient (Wildman–Crippen LogP) is 1.22. The Labute approximate surface area is 111 Å². The van der Waals surface area contributed by atoms with Gasteiger partial charge < -0.3 is 15.4 Å². The number of carbonyl (C=O) groups excluding carboxylic acids is 2. The summed E-state index contributed by atoms with van der Waals surface area (Å²) < 4.78 is 18.1. The zero-order chi connectivity index (χ0) is 14.4. The maximum Gasteiger partial charge on any atom is 0.330 e. The third-order valence-corrected chi connectivity index (χ3v) is 2.48. The van der Waals surface area contributed by atoms with E-state index in [0.29, 0.717) is 0 Å². The fourth-order valence-electron chi connectivity index (χ4n) is 1.57. The Balaban J connectivity index is 2.72. The summed E-state index contributed by atoms with van der Waals surface area (Å²) in [4.78, 5) is 22.4. The summed E-state index contributed by atoms with van der Waals surface area (Å²) in [6, 6.07) is 3.75. The van der Waals surface area contributed by atoms with Gasteiger partial charge in [-0.15, -0.1) is 0 Å². The number of hydrogen-bond acceptors (Lipinski definition) is 4. The largest absolute Gasteiger partial charge is 0.467 e. The monoisotopic (exact) mass is 268 g/mol. The number of esters is 1. The van der Waals surface area contributed by atoms with Gasteiger partial charge >= 0.3 is 5.97 Å². The van der Waals surface area contributed by atoms with Gasteiger partial charge in [0.2, 0.25) is 5.91 Å². The number of rotatable bonds is 5. The summed E-state index contributed by atoms with van der Waals surface area (Å²) in [5.74, 6) is -1.37. The first-order valence-electron chi connectivity index (χ1n) is 5.79. The van der Waals surface area contributed by atoms with E-state index in [1.54, 1.807) is 12.1 Å². The zero-order valence-corrected chi connectivity index (χ0v) is 11.1. The van der Waals surface area contributed by atoms with Gasteiger partial charge in [-0.05, 0) is 24.6 Å². The van der Waals surface area contributed by atoms with Crippen molar-refractivity contribution < 1.29 is 18.7 Å². The molecule has 0 saturated carbocycles. The minimum Gasteiger partial charge on any atom is -0.467 e. The van der Waals surface area contributed by atoms with E-state index in [1.807, 2.05) is 6.92 Å². The van der Waals surface area contributed by atoms with E-state index in [9.17, 15) is 14.0 Å². The van der Waals surface area contributed by atoms with Crippen LogP contribution >= 0.6 is 0 Å². The average Bonchev–Trinajstić information content (AvgIpc) is 2.36. The molecule has 0 fully saturated rings. The van der Waals surface area contributed by atoms with Gasteiger partial charge in [0, 0.05) is 13.5 Å². The van der Waals surface area contributed by atoms with Crippen LogP contribution in [0.1, 0.15) is 12.5 Å². The van der Waals surface area contributed by atoms with Crippen LogP contribution in [0.25, 0.3) is 0 Å². The lowest BCUT2D eigenvalue weighted by atomic mass is 10.2. The van der Waals surface area contributed by atoms with Gasteiger partial charge in [-0.3, -0.25) is 4.79 Å². The summed E-state index contributed by atoms with van der Waals surface area (Å²) in [7, 11) is 1.23. The van der Waals surface area contributed by atoms with Gasteiger partial charge in [-0.2, -0.15) is 0 Å². The summed E-state index contributed by atoms with van der Waals surface area (Å²) in [5.41, 5.74) is 1.16. The summed E-state index contributed by atoms with van der Waals surface area (Å²) in [6.45, 7) is 3.17. The first-order valence-corrected chi connectivity index (χ1v) is 5.79. The zero-order valence-electron chi connectivity index (χ0n) is 11.1. The lowest BCUT2D eigenvalue weighted by Gasteiger charge is -2.17. The van der Waals surface area contributed by atoms with Crippen molar-refractivity contribution in [3.8, 4) is 0 Å². The molecule has 0 aromatic heterocycles. The van der Waals surface area contributed by atoms with Crippen molar-refractivity contribution in [3.05, 3.63) is 29.6 Å². The van der Waals surface area contributed by atoms with Crippen molar-refractivity contribution in [2.75, 3.05) is 19.0 Å². The Morgan fingerprint density at radius 1 is 1.42 bits per heavy atom. The number of nitrogens with one attached hydrogen (secondary N) is 2. The molecule has 19 heavy (non-hydrogen) atoms. The second-order valence-electron chi connectivity index (χ2n) is 4.14. The molecular formula is C13H17FN2O3. The summed E-state index contributed by atoms with van der Waals surface area (Å²) in [6.07, 6.45) is 0. The highest BCUT2D eigenvalue weighted by Gasteiger charge is 2.20. The van der Waals surface area contributed by atoms with Crippen LogP contribution in [0, 0.1) is 12.7 Å². The Morgan fingerprint density at radius 2 is 2.11 bits per heavy atom. The molecule has 0 heterocycles. The number of halogens is 1. The second-order valence-corrected chi connectivity index (χ2v) is 4.14. The standard InChI is InChI=1S/C13H17FN2O3/c1-8-4-5-10(14)11(6-8)15-7-12(13(18)19-3)16-9(2)17/h4-6,12,15H,7H2,1-3H3,(H,16,17). The van der Waals surface area contributed by atoms with Crippen LogP contribution in [-0.4, -0.2) is 31.6 Å². The van der Waals surface area contributed by atoms with E-state index in [2.05, 4.69) is 15.4 Å². The van der Waals surface area contributed by atoms with Crippen LogP contribution in [-0.2, 0) is 14.3 Å². The van der Waals surface area contributed by atoms with Crippen molar-refractivity contribution in [1.29, 1.82) is 0 Å². The lowest BCUT2D eigenvalue weighted by Crippen LogP contribution is -2.45. The van der Waals surface area contributed by atoms with Crippen LogP contribution in [0.2, 0.25) is 0 Å². The van der Waals surface area contributed by atoms with Crippen LogP contribution in [0.5, 0.6) is 0 Å². The van der Waals surface area contributed by atoms with Crippen molar-refractivity contribution in [1.82, 2.24) is 5.32 Å². The van der Waals surface area contributed by atoms with E-state index in [-0.39, 0.29) is 18.1 Å². The maximum absolute atomic E-state index is 13.5. The first kappa shape index (κ1) is 14.9. The van der Waals surface area contributed by atoms with E-state index in [0.717, 1.165) is 5.56 Å². The third-order valence-electron chi connectivity index (χ3n) is 2.48. The number of carbonyl (C=O) groups is 2. The molecule has 104 valence electrons. The van der Waals surface area contributed by atoms with Crippen LogP contribution in [0.3, 0.4) is 0 Å². The quantitative estimate of drug-likeness (QED) is 0.788. The number of methoxy groups -OCH3 is 1. The van der Waals surface area contributed by atoms with Gasteiger partial charge in [0.25, 0.3) is 0 Å².